The van der Waals surface area contributed by atoms with Crippen LogP contribution in [0.15, 0.2) is 83.8 Å². The highest BCUT2D eigenvalue weighted by Gasteiger charge is 2.35. The summed E-state index contributed by atoms with van der Waals surface area (Å²) in [5.41, 5.74) is 4.80. The van der Waals surface area contributed by atoms with E-state index in [9.17, 15) is 44.0 Å². The summed E-state index contributed by atoms with van der Waals surface area (Å²) >= 11 is 2.72. The third-order valence-corrected chi connectivity index (χ3v) is 14.4. The summed E-state index contributed by atoms with van der Waals surface area (Å²) in [7, 11) is -7.00. The van der Waals surface area contributed by atoms with Gasteiger partial charge in [0.15, 0.2) is 14.9 Å². The van der Waals surface area contributed by atoms with Crippen molar-refractivity contribution >= 4 is 86.2 Å². The molecule has 0 bridgehead atoms. The van der Waals surface area contributed by atoms with E-state index < -0.39 is 90.6 Å². The van der Waals surface area contributed by atoms with Gasteiger partial charge in [-0.15, -0.1) is 22.7 Å². The van der Waals surface area contributed by atoms with Crippen LogP contribution in [0.1, 0.15) is 11.1 Å². The molecule has 4 aromatic carbocycles. The first-order valence-corrected chi connectivity index (χ1v) is 21.5. The number of sulfone groups is 1. The number of hydrogen-bond acceptors (Lipinski definition) is 10. The van der Waals surface area contributed by atoms with Crippen molar-refractivity contribution in [1.82, 2.24) is 14.7 Å². The van der Waals surface area contributed by atoms with Crippen LogP contribution in [-0.4, -0.2) is 69.6 Å². The summed E-state index contributed by atoms with van der Waals surface area (Å²) in [6.07, 6.45) is -1.06. The molecule has 2 heterocycles. The zero-order chi connectivity index (χ0) is 39.7. The van der Waals surface area contributed by atoms with Gasteiger partial charge in [0.2, 0.25) is 21.8 Å². The summed E-state index contributed by atoms with van der Waals surface area (Å²) in [4.78, 5) is 38.5. The van der Waals surface area contributed by atoms with Crippen molar-refractivity contribution in [2.24, 2.45) is 5.92 Å². The zero-order valence-electron chi connectivity index (χ0n) is 28.9. The number of rotatable bonds is 14. The van der Waals surface area contributed by atoms with Gasteiger partial charge in [0.1, 0.15) is 29.3 Å². The van der Waals surface area contributed by atoms with Gasteiger partial charge < -0.3 is 9.80 Å². The van der Waals surface area contributed by atoms with Crippen molar-refractivity contribution in [3.8, 4) is 0 Å². The van der Waals surface area contributed by atoms with E-state index >= 15 is 0 Å². The number of anilines is 2. The summed E-state index contributed by atoms with van der Waals surface area (Å²) in [6, 6.07) is 12.9. The number of halogens is 4. The first kappa shape index (κ1) is 39.9. The fraction of sp³-hybridized carbons (Fsp3) is 0.222. The second-order valence-electron chi connectivity index (χ2n) is 12.8. The quantitative estimate of drug-likeness (QED) is 0.135. The Labute approximate surface area is 321 Å². The van der Waals surface area contributed by atoms with Crippen molar-refractivity contribution in [2.75, 3.05) is 34.7 Å². The number of carbonyl (C=O) groups is 2. The molecule has 6 rings (SSSR count). The average Bonchev–Trinajstić information content (AvgIpc) is 3.77. The fourth-order valence-electron chi connectivity index (χ4n) is 6.09. The maximum Gasteiger partial charge on any atom is 0.245 e. The molecule has 0 aliphatic heterocycles. The molecule has 11 nitrogen and oxygen atoms in total. The number of benzene rings is 4. The highest BCUT2D eigenvalue weighted by atomic mass is 32.3. The van der Waals surface area contributed by atoms with Crippen molar-refractivity contribution in [3.63, 3.8) is 0 Å². The maximum absolute atomic E-state index is 14.2. The number of nitrogens with zero attached hydrogens (tertiary/aromatic N) is 4. The van der Waals surface area contributed by atoms with Gasteiger partial charge in [-0.3, -0.25) is 9.59 Å². The minimum Gasteiger partial charge on any atom is -0.315 e. The highest BCUT2D eigenvalue weighted by molar-refractivity contribution is 8.07. The highest BCUT2D eigenvalue weighted by Crippen LogP contribution is 2.27. The van der Waals surface area contributed by atoms with Gasteiger partial charge in [0, 0.05) is 37.6 Å². The van der Waals surface area contributed by atoms with E-state index in [-0.39, 0.29) is 11.1 Å². The Morgan fingerprint density at radius 3 is 1.62 bits per heavy atom. The lowest BCUT2D eigenvalue weighted by molar-refractivity contribution is -0.121. The Balaban J connectivity index is 1.27. The molecule has 0 saturated heterocycles. The van der Waals surface area contributed by atoms with Crippen molar-refractivity contribution in [2.45, 2.75) is 18.9 Å². The molecule has 0 aliphatic carbocycles. The van der Waals surface area contributed by atoms with Gasteiger partial charge in [-0.1, -0.05) is 0 Å². The molecule has 19 heteroatoms. The van der Waals surface area contributed by atoms with Crippen LogP contribution in [0, 0.1) is 29.2 Å². The second kappa shape index (κ2) is 16.1. The van der Waals surface area contributed by atoms with Crippen molar-refractivity contribution in [1.29, 1.82) is 0 Å². The van der Waals surface area contributed by atoms with Crippen LogP contribution in [0.25, 0.3) is 20.4 Å². The molecule has 0 saturated carbocycles. The number of nitrogens with one attached hydrogen (secondary N) is 1. The largest absolute Gasteiger partial charge is 0.315 e. The van der Waals surface area contributed by atoms with Crippen LogP contribution in [0.4, 0.5) is 28.9 Å². The third-order valence-electron chi connectivity index (χ3n) is 8.59. The summed E-state index contributed by atoms with van der Waals surface area (Å²) in [6.45, 7) is 0. The van der Waals surface area contributed by atoms with Crippen LogP contribution in [0.3, 0.4) is 0 Å². The van der Waals surface area contributed by atoms with Crippen LogP contribution in [-0.2, 0) is 42.3 Å². The minimum absolute atomic E-state index is 0.0535. The lowest BCUT2D eigenvalue weighted by atomic mass is 9.99. The predicted molar refractivity (Wildman–Crippen MR) is 204 cm³/mol. The fourth-order valence-corrected chi connectivity index (χ4v) is 11.4. The number of hydrogen-bond donors (Lipinski definition) is 1. The first-order chi connectivity index (χ1) is 25.9. The molecule has 1 N–H and O–H groups in total. The number of fused-ring (bicyclic) bond motifs is 2. The topological polar surface area (TPSA) is 147 Å². The molecule has 2 aromatic heterocycles. The lowest BCUT2D eigenvalue weighted by Gasteiger charge is -2.26. The number of amides is 2. The van der Waals surface area contributed by atoms with Crippen LogP contribution < -0.4 is 14.5 Å². The molecule has 55 heavy (non-hydrogen) atoms. The molecule has 0 radical (unpaired) electrons. The van der Waals surface area contributed by atoms with Gasteiger partial charge in [0.25, 0.3) is 0 Å². The molecule has 0 aliphatic rings. The normalized spacial score (nSPS) is 13.2. The summed E-state index contributed by atoms with van der Waals surface area (Å²) in [5.74, 6) is -8.20. The molecule has 2 amide bonds. The molecule has 2 atom stereocenters. The number of sulfonamides is 1. The SMILES string of the molecule is CN(C(=O)[C@H](Cc1cc(F)cc(F)c1)CS(=O)(=O)CS(=O)(=O)N[C@@H](Cc1cc(F)cc(F)c1)C(=O)N(C)c1ccc2scnc2c1)c1ccc2scnc2c1. The Morgan fingerprint density at radius 2 is 1.13 bits per heavy atom. The van der Waals surface area contributed by atoms with Crippen LogP contribution in [0.5, 0.6) is 0 Å². The van der Waals surface area contributed by atoms with Gasteiger partial charge in [-0.05, 0) is 84.6 Å². The molecule has 0 spiro atoms. The molecular formula is C36H31F4N5O6S4. The van der Waals surface area contributed by atoms with Crippen LogP contribution in [0.2, 0.25) is 0 Å². The second-order valence-corrected chi connectivity index (χ2v) is 18.8. The smallest absolute Gasteiger partial charge is 0.245 e. The Hall–Kier alpha value is -4.82. The first-order valence-electron chi connectivity index (χ1n) is 16.3. The van der Waals surface area contributed by atoms with Crippen molar-refractivity contribution < 1.29 is 44.0 Å². The molecule has 0 unspecified atom stereocenters. The maximum atomic E-state index is 14.2. The van der Waals surface area contributed by atoms with Gasteiger partial charge in [0.05, 0.1) is 43.1 Å². The number of aromatic nitrogens is 2. The standard InChI is InChI=1S/C36H31F4N5O6S4/c1-44(28-3-5-33-30(15-28)41-18-52-33)35(46)23(7-21-8-24(37)13-25(38)9-21)17-54(48,49)20-55(50,51)43-32(12-22-10-26(39)14-27(40)11-22)36(47)45(2)29-4-6-34-31(16-29)42-19-53-34/h3-6,8-11,13-16,18-19,23,32,43H,7,12,17,20H2,1-2H3/t23-,32+/m1/s1. The Bertz CT molecular complexity index is 2420. The van der Waals surface area contributed by atoms with E-state index in [1.807, 2.05) is 0 Å². The number of carbonyl (C=O) groups excluding carboxylic acids is 2. The van der Waals surface area contributed by atoms with E-state index in [0.717, 1.165) is 43.5 Å². The van der Waals surface area contributed by atoms with E-state index in [1.54, 1.807) is 47.4 Å². The van der Waals surface area contributed by atoms with E-state index in [2.05, 4.69) is 14.7 Å². The van der Waals surface area contributed by atoms with E-state index in [0.29, 0.717) is 34.5 Å². The summed E-state index contributed by atoms with van der Waals surface area (Å²) < 4.78 is 115. The average molecular weight is 834 g/mol. The Morgan fingerprint density at radius 1 is 0.673 bits per heavy atom. The summed E-state index contributed by atoms with van der Waals surface area (Å²) in [5, 5.41) is -1.61. The number of likely N-dealkylation sites (N-methyl/N-ethyl adjacent to an activating group) is 1. The number of thiazole rings is 2. The predicted octanol–water partition coefficient (Wildman–Crippen LogP) is 5.85. The van der Waals surface area contributed by atoms with Gasteiger partial charge in [-0.25, -0.2) is 49.1 Å². The van der Waals surface area contributed by atoms with E-state index in [4.69, 9.17) is 0 Å². The van der Waals surface area contributed by atoms with Gasteiger partial charge >= 0.3 is 0 Å². The Kier molecular flexibility index (Phi) is 11.7. The molecule has 0 fully saturated rings. The monoisotopic (exact) mass is 833 g/mol. The van der Waals surface area contributed by atoms with Gasteiger partial charge in [-0.2, -0.15) is 0 Å². The van der Waals surface area contributed by atoms with Crippen LogP contribution >= 0.6 is 22.7 Å². The molecule has 6 aromatic rings. The molecule has 288 valence electrons. The third kappa shape index (κ3) is 9.90. The molecular weight excluding hydrogens is 803 g/mol. The lowest BCUT2D eigenvalue weighted by Crippen LogP contribution is -2.50. The van der Waals surface area contributed by atoms with Crippen molar-refractivity contribution in [3.05, 3.63) is 118 Å². The zero-order valence-corrected chi connectivity index (χ0v) is 32.2. The van der Waals surface area contributed by atoms with E-state index in [1.165, 1.54) is 36.8 Å². The minimum atomic E-state index is -4.95.